The fraction of sp³-hybridized carbons (Fsp3) is 0.381. The Kier molecular flexibility index (Phi) is 4.46. The van der Waals surface area contributed by atoms with Gasteiger partial charge in [0.15, 0.2) is 0 Å². The second kappa shape index (κ2) is 6.68. The van der Waals surface area contributed by atoms with Crippen molar-refractivity contribution >= 4 is 10.9 Å². The quantitative estimate of drug-likeness (QED) is 0.669. The average molecular weight is 373 g/mol. The Morgan fingerprint density at radius 1 is 1.19 bits per heavy atom. The molecule has 0 fully saturated rings. The summed E-state index contributed by atoms with van der Waals surface area (Å²) in [5, 5.41) is 1.22. The number of halogens is 3. The van der Waals surface area contributed by atoms with Gasteiger partial charge in [0, 0.05) is 55.0 Å². The zero-order valence-corrected chi connectivity index (χ0v) is 15.5. The van der Waals surface area contributed by atoms with Crippen LogP contribution in [0.4, 0.5) is 13.2 Å². The zero-order valence-electron chi connectivity index (χ0n) is 15.5. The molecule has 1 aliphatic heterocycles. The van der Waals surface area contributed by atoms with Crippen molar-refractivity contribution in [2.45, 2.75) is 39.0 Å². The molecule has 2 aromatic heterocycles. The summed E-state index contributed by atoms with van der Waals surface area (Å²) in [4.78, 5) is 6.20. The summed E-state index contributed by atoms with van der Waals surface area (Å²) in [6.07, 6.45) is -0.575. The molecular weight excluding hydrogens is 351 g/mol. The highest BCUT2D eigenvalue weighted by molar-refractivity contribution is 5.86. The number of benzene rings is 1. The van der Waals surface area contributed by atoms with Crippen LogP contribution in [-0.2, 0) is 32.1 Å². The molecule has 3 heterocycles. The molecule has 1 aromatic carbocycles. The summed E-state index contributed by atoms with van der Waals surface area (Å²) in [6.45, 7) is 4.43. The number of pyridine rings is 1. The lowest BCUT2D eigenvalue weighted by Crippen LogP contribution is -2.27. The van der Waals surface area contributed by atoms with E-state index in [1.165, 1.54) is 34.6 Å². The second-order valence-electron chi connectivity index (χ2n) is 7.37. The molecule has 3 aromatic rings. The first-order valence-corrected chi connectivity index (χ1v) is 9.14. The molecule has 0 saturated carbocycles. The molecule has 27 heavy (non-hydrogen) atoms. The van der Waals surface area contributed by atoms with Crippen molar-refractivity contribution in [3.8, 4) is 0 Å². The minimum Gasteiger partial charge on any atom is -0.344 e. The first-order valence-electron chi connectivity index (χ1n) is 9.14. The summed E-state index contributed by atoms with van der Waals surface area (Å²) >= 11 is 0. The largest absolute Gasteiger partial charge is 0.416 e. The van der Waals surface area contributed by atoms with E-state index in [9.17, 15) is 13.2 Å². The van der Waals surface area contributed by atoms with Gasteiger partial charge in [-0.05, 0) is 49.7 Å². The van der Waals surface area contributed by atoms with Crippen LogP contribution in [-0.4, -0.2) is 28.0 Å². The summed E-state index contributed by atoms with van der Waals surface area (Å²) in [7, 11) is 2.10. The predicted molar refractivity (Wildman–Crippen MR) is 99.7 cm³/mol. The second-order valence-corrected chi connectivity index (χ2v) is 7.37. The predicted octanol–water partition coefficient (Wildman–Crippen LogP) is 4.59. The lowest BCUT2D eigenvalue weighted by atomic mass is 10.0. The van der Waals surface area contributed by atoms with Crippen LogP contribution >= 0.6 is 0 Å². The third-order valence-electron chi connectivity index (χ3n) is 5.41. The minimum absolute atomic E-state index is 0.251. The van der Waals surface area contributed by atoms with Gasteiger partial charge < -0.3 is 9.47 Å². The van der Waals surface area contributed by atoms with E-state index in [1.807, 2.05) is 0 Å². The third-order valence-corrected chi connectivity index (χ3v) is 5.41. The van der Waals surface area contributed by atoms with E-state index in [2.05, 4.69) is 46.6 Å². The number of rotatable bonds is 3. The number of likely N-dealkylation sites (N-methyl/N-ethyl adjacent to an activating group) is 1. The van der Waals surface area contributed by atoms with E-state index in [1.54, 1.807) is 0 Å². The average Bonchev–Trinajstić information content (AvgIpc) is 2.92. The maximum atomic E-state index is 13.3. The van der Waals surface area contributed by atoms with E-state index >= 15 is 0 Å². The molecule has 0 atom stereocenters. The summed E-state index contributed by atoms with van der Waals surface area (Å²) in [5.74, 6) is 0. The zero-order chi connectivity index (χ0) is 19.2. The van der Waals surface area contributed by atoms with E-state index in [-0.39, 0.29) is 5.56 Å². The van der Waals surface area contributed by atoms with Crippen LogP contribution < -0.4 is 0 Å². The fourth-order valence-electron chi connectivity index (χ4n) is 4.09. The molecule has 3 nitrogen and oxygen atoms in total. The molecule has 0 radical (unpaired) electrons. The Morgan fingerprint density at radius 2 is 2.00 bits per heavy atom. The number of aromatic nitrogens is 2. The Hall–Kier alpha value is -2.34. The van der Waals surface area contributed by atoms with E-state index in [0.717, 1.165) is 31.1 Å². The normalized spacial score (nSPS) is 15.3. The van der Waals surface area contributed by atoms with Crippen LogP contribution in [0.1, 0.15) is 27.9 Å². The van der Waals surface area contributed by atoms with Crippen molar-refractivity contribution in [2.24, 2.45) is 0 Å². The van der Waals surface area contributed by atoms with Crippen LogP contribution in [0, 0.1) is 6.92 Å². The standard InChI is InChI=1S/C21H22F3N3/c1-14-3-4-19-16(11-14)17-13-26(2)9-7-20(17)27(19)10-6-15-12-25-8-5-18(15)21(22,23)24/h3-5,8,11-12H,6-7,9-10,13H2,1-2H3. The summed E-state index contributed by atoms with van der Waals surface area (Å²) < 4.78 is 42.1. The molecule has 0 bridgehead atoms. The van der Waals surface area contributed by atoms with Crippen molar-refractivity contribution in [2.75, 3.05) is 13.6 Å². The molecule has 0 spiro atoms. The molecule has 142 valence electrons. The SMILES string of the molecule is Cc1ccc2c(c1)c1c(n2CCc2cnccc2C(F)(F)F)CCN(C)C1. The fourth-order valence-corrected chi connectivity index (χ4v) is 4.09. The highest BCUT2D eigenvalue weighted by Gasteiger charge is 2.33. The van der Waals surface area contributed by atoms with Crippen LogP contribution in [0.25, 0.3) is 10.9 Å². The molecule has 6 heteroatoms. The van der Waals surface area contributed by atoms with Crippen LogP contribution in [0.3, 0.4) is 0 Å². The molecule has 0 unspecified atom stereocenters. The number of hydrogen-bond acceptors (Lipinski definition) is 2. The van der Waals surface area contributed by atoms with Gasteiger partial charge in [-0.15, -0.1) is 0 Å². The van der Waals surface area contributed by atoms with Crippen molar-refractivity contribution in [1.82, 2.24) is 14.5 Å². The van der Waals surface area contributed by atoms with Crippen molar-refractivity contribution in [3.05, 3.63) is 64.6 Å². The third kappa shape index (κ3) is 3.34. The Bertz CT molecular complexity index is 988. The van der Waals surface area contributed by atoms with Gasteiger partial charge in [-0.1, -0.05) is 11.6 Å². The van der Waals surface area contributed by atoms with Gasteiger partial charge in [0.1, 0.15) is 0 Å². The Labute approximate surface area is 156 Å². The van der Waals surface area contributed by atoms with Crippen LogP contribution in [0.15, 0.2) is 36.7 Å². The molecule has 0 amide bonds. The number of aryl methyl sites for hydroxylation is 3. The maximum Gasteiger partial charge on any atom is 0.416 e. The summed E-state index contributed by atoms with van der Waals surface area (Å²) in [6, 6.07) is 7.42. The minimum atomic E-state index is -4.35. The molecule has 4 rings (SSSR count). The van der Waals surface area contributed by atoms with Crippen molar-refractivity contribution < 1.29 is 13.2 Å². The molecule has 0 aliphatic carbocycles. The van der Waals surface area contributed by atoms with E-state index < -0.39 is 11.7 Å². The van der Waals surface area contributed by atoms with Gasteiger partial charge in [-0.3, -0.25) is 4.98 Å². The first kappa shape index (κ1) is 18.0. The number of hydrogen-bond donors (Lipinski definition) is 0. The van der Waals surface area contributed by atoms with Gasteiger partial charge >= 0.3 is 6.18 Å². The topological polar surface area (TPSA) is 21.1 Å². The number of alkyl halides is 3. The van der Waals surface area contributed by atoms with E-state index in [0.29, 0.717) is 13.0 Å². The van der Waals surface area contributed by atoms with Gasteiger partial charge in [-0.25, -0.2) is 0 Å². The highest BCUT2D eigenvalue weighted by Crippen LogP contribution is 2.34. The van der Waals surface area contributed by atoms with Crippen molar-refractivity contribution in [3.63, 3.8) is 0 Å². The lowest BCUT2D eigenvalue weighted by Gasteiger charge is -2.24. The Balaban J connectivity index is 1.74. The molecule has 1 aliphatic rings. The lowest BCUT2D eigenvalue weighted by molar-refractivity contribution is -0.138. The van der Waals surface area contributed by atoms with Gasteiger partial charge in [0.2, 0.25) is 0 Å². The highest BCUT2D eigenvalue weighted by atomic mass is 19.4. The molecule has 0 saturated heterocycles. The van der Waals surface area contributed by atoms with Gasteiger partial charge in [0.25, 0.3) is 0 Å². The van der Waals surface area contributed by atoms with Gasteiger partial charge in [0.05, 0.1) is 5.56 Å². The Morgan fingerprint density at radius 3 is 2.78 bits per heavy atom. The van der Waals surface area contributed by atoms with Crippen molar-refractivity contribution in [1.29, 1.82) is 0 Å². The number of fused-ring (bicyclic) bond motifs is 3. The number of nitrogens with zero attached hydrogens (tertiary/aromatic N) is 3. The van der Waals surface area contributed by atoms with E-state index in [4.69, 9.17) is 0 Å². The monoisotopic (exact) mass is 373 g/mol. The smallest absolute Gasteiger partial charge is 0.344 e. The molecular formula is C21H22F3N3. The summed E-state index contributed by atoms with van der Waals surface area (Å²) in [5.41, 5.74) is 4.54. The van der Waals surface area contributed by atoms with Gasteiger partial charge in [-0.2, -0.15) is 13.2 Å². The van der Waals surface area contributed by atoms with Crippen LogP contribution in [0.5, 0.6) is 0 Å². The maximum absolute atomic E-state index is 13.3. The first-order chi connectivity index (χ1) is 12.8. The molecule has 0 N–H and O–H groups in total. The van der Waals surface area contributed by atoms with Crippen LogP contribution in [0.2, 0.25) is 0 Å².